The summed E-state index contributed by atoms with van der Waals surface area (Å²) >= 11 is 6.08. The van der Waals surface area contributed by atoms with Crippen molar-refractivity contribution in [1.29, 1.82) is 0 Å². The Kier molecular flexibility index (Phi) is 2.78. The van der Waals surface area contributed by atoms with E-state index in [-0.39, 0.29) is 12.3 Å². The fraction of sp³-hybridized carbons (Fsp3) is 0.231. The Balaban J connectivity index is 2.18. The van der Waals surface area contributed by atoms with Gasteiger partial charge in [-0.3, -0.25) is 9.48 Å². The summed E-state index contributed by atoms with van der Waals surface area (Å²) in [6, 6.07) is 4.53. The number of carbonyl (C=O) groups excluding carboxylic acids is 1. The molecule has 3 rings (SSSR count). The van der Waals surface area contributed by atoms with Crippen molar-refractivity contribution in [2.24, 2.45) is 7.05 Å². The van der Waals surface area contributed by atoms with Crippen molar-refractivity contribution >= 4 is 23.3 Å². The Bertz CT molecular complexity index is 648. The molecular formula is C13H11ClFN3O. The number of hydrogen-bond acceptors (Lipinski definition) is 2. The molecule has 19 heavy (non-hydrogen) atoms. The van der Waals surface area contributed by atoms with Gasteiger partial charge in [0.1, 0.15) is 11.6 Å². The van der Waals surface area contributed by atoms with E-state index in [0.717, 1.165) is 5.56 Å². The van der Waals surface area contributed by atoms with Crippen LogP contribution in [0.5, 0.6) is 0 Å². The summed E-state index contributed by atoms with van der Waals surface area (Å²) in [5.41, 5.74) is 1.14. The maximum Gasteiger partial charge on any atom is 0.226 e. The molecule has 1 aromatic heterocycles. The summed E-state index contributed by atoms with van der Waals surface area (Å²) in [5.74, 6) is -0.367. The van der Waals surface area contributed by atoms with Gasteiger partial charge in [0, 0.05) is 35.5 Å². The van der Waals surface area contributed by atoms with Crippen LogP contribution in [-0.4, -0.2) is 15.7 Å². The first-order valence-corrected chi connectivity index (χ1v) is 6.21. The molecule has 2 aromatic rings. The minimum absolute atomic E-state index is 0.166. The molecule has 1 aliphatic heterocycles. The molecule has 0 spiro atoms. The quantitative estimate of drug-likeness (QED) is 0.872. The summed E-state index contributed by atoms with van der Waals surface area (Å²) in [4.78, 5) is 11.8. The maximum absolute atomic E-state index is 14.0. The molecule has 0 bridgehead atoms. The van der Waals surface area contributed by atoms with Crippen LogP contribution in [0, 0.1) is 5.82 Å². The zero-order chi connectivity index (χ0) is 13.6. The molecule has 1 atom stereocenters. The van der Waals surface area contributed by atoms with Gasteiger partial charge >= 0.3 is 0 Å². The van der Waals surface area contributed by atoms with Crippen molar-refractivity contribution < 1.29 is 9.18 Å². The van der Waals surface area contributed by atoms with Gasteiger partial charge in [-0.15, -0.1) is 0 Å². The van der Waals surface area contributed by atoms with Crippen LogP contribution in [0.1, 0.15) is 23.5 Å². The number of anilines is 1. The molecule has 0 saturated heterocycles. The van der Waals surface area contributed by atoms with Gasteiger partial charge in [-0.25, -0.2) is 4.39 Å². The molecule has 1 N–H and O–H groups in total. The van der Waals surface area contributed by atoms with Gasteiger partial charge in [-0.1, -0.05) is 17.7 Å². The van der Waals surface area contributed by atoms with Gasteiger partial charge in [-0.2, -0.15) is 5.10 Å². The van der Waals surface area contributed by atoms with Crippen molar-refractivity contribution in [2.45, 2.75) is 12.3 Å². The Labute approximate surface area is 114 Å². The summed E-state index contributed by atoms with van der Waals surface area (Å²) in [6.07, 6.45) is 1.81. The third-order valence-electron chi connectivity index (χ3n) is 3.34. The largest absolute Gasteiger partial charge is 0.311 e. The number of carbonyl (C=O) groups is 1. The van der Waals surface area contributed by atoms with Crippen LogP contribution in [-0.2, 0) is 11.8 Å². The van der Waals surface area contributed by atoms with Gasteiger partial charge in [-0.05, 0) is 12.1 Å². The number of benzene rings is 1. The highest BCUT2D eigenvalue weighted by atomic mass is 35.5. The molecule has 0 unspecified atom stereocenters. The second-order valence-corrected chi connectivity index (χ2v) is 4.92. The Morgan fingerprint density at radius 2 is 2.32 bits per heavy atom. The van der Waals surface area contributed by atoms with Crippen molar-refractivity contribution in [3.05, 3.63) is 46.4 Å². The van der Waals surface area contributed by atoms with Crippen LogP contribution < -0.4 is 5.32 Å². The van der Waals surface area contributed by atoms with Crippen LogP contribution in [0.3, 0.4) is 0 Å². The SMILES string of the molecule is Cn1ncc2c1NC(=O)C[C@H]2c1c(F)cccc1Cl. The molecule has 98 valence electrons. The average molecular weight is 280 g/mol. The average Bonchev–Trinajstić information content (AvgIpc) is 2.71. The number of rotatable bonds is 1. The molecule has 0 aliphatic carbocycles. The van der Waals surface area contributed by atoms with E-state index in [9.17, 15) is 9.18 Å². The van der Waals surface area contributed by atoms with Gasteiger partial charge in [0.25, 0.3) is 0 Å². The van der Waals surface area contributed by atoms with Gasteiger partial charge in [0.15, 0.2) is 0 Å². The molecule has 1 aliphatic rings. The topological polar surface area (TPSA) is 46.9 Å². The number of hydrogen-bond donors (Lipinski definition) is 1. The lowest BCUT2D eigenvalue weighted by Crippen LogP contribution is -2.25. The minimum Gasteiger partial charge on any atom is -0.311 e. The molecule has 1 aromatic carbocycles. The lowest BCUT2D eigenvalue weighted by atomic mass is 9.87. The molecule has 0 radical (unpaired) electrons. The number of fused-ring (bicyclic) bond motifs is 1. The lowest BCUT2D eigenvalue weighted by molar-refractivity contribution is -0.116. The first kappa shape index (κ1) is 12.2. The van der Waals surface area contributed by atoms with Crippen molar-refractivity contribution in [2.75, 3.05) is 5.32 Å². The van der Waals surface area contributed by atoms with E-state index in [1.54, 1.807) is 30.1 Å². The molecule has 0 fully saturated rings. The summed E-state index contributed by atoms with van der Waals surface area (Å²) in [5, 5.41) is 7.18. The predicted molar refractivity (Wildman–Crippen MR) is 69.7 cm³/mol. The molecule has 6 heteroatoms. The minimum atomic E-state index is -0.401. The summed E-state index contributed by atoms with van der Waals surface area (Å²) < 4.78 is 15.6. The smallest absolute Gasteiger partial charge is 0.226 e. The second-order valence-electron chi connectivity index (χ2n) is 4.51. The van der Waals surface area contributed by atoms with Crippen molar-refractivity contribution in [3.8, 4) is 0 Å². The number of aromatic nitrogens is 2. The van der Waals surface area contributed by atoms with E-state index >= 15 is 0 Å². The van der Waals surface area contributed by atoms with Crippen LogP contribution in [0.15, 0.2) is 24.4 Å². The Morgan fingerprint density at radius 3 is 3.05 bits per heavy atom. The first-order valence-electron chi connectivity index (χ1n) is 5.83. The number of nitrogens with zero attached hydrogens (tertiary/aromatic N) is 2. The van der Waals surface area contributed by atoms with E-state index in [2.05, 4.69) is 10.4 Å². The van der Waals surface area contributed by atoms with E-state index in [1.807, 2.05) is 0 Å². The summed E-state index contributed by atoms with van der Waals surface area (Å²) in [6.45, 7) is 0. The molecule has 0 saturated carbocycles. The van der Waals surface area contributed by atoms with Crippen LogP contribution >= 0.6 is 11.6 Å². The van der Waals surface area contributed by atoms with E-state index in [1.165, 1.54) is 6.07 Å². The van der Waals surface area contributed by atoms with Gasteiger partial charge < -0.3 is 5.32 Å². The molecule has 1 amide bonds. The third kappa shape index (κ3) is 1.90. The number of halogens is 2. The summed E-state index contributed by atoms with van der Waals surface area (Å²) in [7, 11) is 1.73. The van der Waals surface area contributed by atoms with Gasteiger partial charge in [0.2, 0.25) is 5.91 Å². The van der Waals surface area contributed by atoms with Crippen molar-refractivity contribution in [3.63, 3.8) is 0 Å². The highest BCUT2D eigenvalue weighted by molar-refractivity contribution is 6.31. The van der Waals surface area contributed by atoms with Crippen LogP contribution in [0.2, 0.25) is 5.02 Å². The normalized spacial score (nSPS) is 18.1. The Morgan fingerprint density at radius 1 is 1.53 bits per heavy atom. The third-order valence-corrected chi connectivity index (χ3v) is 3.67. The molecular weight excluding hydrogens is 269 g/mol. The van der Waals surface area contributed by atoms with E-state index in [4.69, 9.17) is 11.6 Å². The predicted octanol–water partition coefficient (Wildman–Crippen LogP) is 2.69. The number of aryl methyl sites for hydroxylation is 1. The molecule has 2 heterocycles. The zero-order valence-corrected chi connectivity index (χ0v) is 10.9. The standard InChI is InChI=1S/C13H11ClFN3O/c1-18-13-8(6-16-18)7(5-11(19)17-13)12-9(14)3-2-4-10(12)15/h2-4,6-7H,5H2,1H3,(H,17,19)/t7-/m1/s1. The number of amides is 1. The Hall–Kier alpha value is -1.88. The fourth-order valence-corrected chi connectivity index (χ4v) is 2.74. The zero-order valence-electron chi connectivity index (χ0n) is 10.2. The first-order chi connectivity index (χ1) is 9.08. The molecule has 4 nitrogen and oxygen atoms in total. The number of nitrogens with one attached hydrogen (secondary N) is 1. The fourth-order valence-electron chi connectivity index (χ4n) is 2.44. The highest BCUT2D eigenvalue weighted by Gasteiger charge is 2.32. The van der Waals surface area contributed by atoms with E-state index in [0.29, 0.717) is 16.4 Å². The maximum atomic E-state index is 14.0. The van der Waals surface area contributed by atoms with Crippen molar-refractivity contribution in [1.82, 2.24) is 9.78 Å². The highest BCUT2D eigenvalue weighted by Crippen LogP contribution is 2.40. The van der Waals surface area contributed by atoms with Crippen LogP contribution in [0.4, 0.5) is 10.2 Å². The second kappa shape index (κ2) is 4.35. The lowest BCUT2D eigenvalue weighted by Gasteiger charge is -2.24. The van der Waals surface area contributed by atoms with Crippen LogP contribution in [0.25, 0.3) is 0 Å². The van der Waals surface area contributed by atoms with Gasteiger partial charge in [0.05, 0.1) is 6.20 Å². The van der Waals surface area contributed by atoms with E-state index < -0.39 is 11.7 Å². The monoisotopic (exact) mass is 279 g/mol.